The summed E-state index contributed by atoms with van der Waals surface area (Å²) in [5.41, 5.74) is 0.300. The van der Waals surface area contributed by atoms with Crippen LogP contribution in [0, 0.1) is 17.1 Å². The first-order valence-corrected chi connectivity index (χ1v) is 4.43. The molecule has 4 heteroatoms. The molecule has 0 aliphatic rings. The molecule has 0 aromatic heterocycles. The second-order valence-electron chi connectivity index (χ2n) is 2.68. The molecule has 0 amide bonds. The van der Waals surface area contributed by atoms with Crippen LogP contribution in [0.25, 0.3) is 0 Å². The standard InChI is InChI=1S/C9H7BrFNO/c1-5(4-12)7-2-6(10)3-8(11)9(7)13/h2-3,5,13H,1H3. The van der Waals surface area contributed by atoms with Crippen LogP contribution in [0.2, 0.25) is 0 Å². The lowest BCUT2D eigenvalue weighted by Crippen LogP contribution is -1.92. The molecular formula is C9H7BrFNO. The van der Waals surface area contributed by atoms with Gasteiger partial charge >= 0.3 is 0 Å². The van der Waals surface area contributed by atoms with Gasteiger partial charge in [0.05, 0.1) is 12.0 Å². The molecule has 1 rings (SSSR count). The van der Waals surface area contributed by atoms with Gasteiger partial charge in [-0.15, -0.1) is 0 Å². The topological polar surface area (TPSA) is 44.0 Å². The van der Waals surface area contributed by atoms with Crippen molar-refractivity contribution >= 4 is 15.9 Å². The lowest BCUT2D eigenvalue weighted by Gasteiger charge is -2.07. The van der Waals surface area contributed by atoms with Gasteiger partial charge in [-0.2, -0.15) is 5.26 Å². The predicted molar refractivity (Wildman–Crippen MR) is 49.8 cm³/mol. The fourth-order valence-electron chi connectivity index (χ4n) is 0.986. The zero-order chi connectivity index (χ0) is 10.0. The Morgan fingerprint density at radius 3 is 2.77 bits per heavy atom. The Morgan fingerprint density at radius 1 is 1.62 bits per heavy atom. The molecule has 68 valence electrons. The highest BCUT2D eigenvalue weighted by atomic mass is 79.9. The predicted octanol–water partition coefficient (Wildman–Crippen LogP) is 2.92. The maximum absolute atomic E-state index is 12.9. The summed E-state index contributed by atoms with van der Waals surface area (Å²) in [7, 11) is 0. The molecule has 2 nitrogen and oxygen atoms in total. The first-order chi connectivity index (χ1) is 6.06. The SMILES string of the molecule is CC(C#N)c1cc(Br)cc(F)c1O. The van der Waals surface area contributed by atoms with Gasteiger partial charge in [-0.1, -0.05) is 15.9 Å². The number of nitriles is 1. The number of phenolic OH excluding ortho intramolecular Hbond substituents is 1. The molecule has 1 N–H and O–H groups in total. The van der Waals surface area contributed by atoms with E-state index in [0.717, 1.165) is 6.07 Å². The maximum Gasteiger partial charge on any atom is 0.166 e. The van der Waals surface area contributed by atoms with Gasteiger partial charge < -0.3 is 5.11 Å². The fraction of sp³-hybridized carbons (Fsp3) is 0.222. The summed E-state index contributed by atoms with van der Waals surface area (Å²) < 4.78 is 13.5. The molecule has 13 heavy (non-hydrogen) atoms. The van der Waals surface area contributed by atoms with Crippen molar-refractivity contribution in [3.05, 3.63) is 28.0 Å². The number of benzene rings is 1. The van der Waals surface area contributed by atoms with Gasteiger partial charge in [0.1, 0.15) is 0 Å². The third kappa shape index (κ3) is 1.99. The van der Waals surface area contributed by atoms with Crippen LogP contribution in [0.15, 0.2) is 16.6 Å². The van der Waals surface area contributed by atoms with Crippen molar-refractivity contribution in [3.63, 3.8) is 0 Å². The summed E-state index contributed by atoms with van der Waals surface area (Å²) in [5.74, 6) is -1.68. The van der Waals surface area contributed by atoms with E-state index in [0.29, 0.717) is 10.0 Å². The highest BCUT2D eigenvalue weighted by Gasteiger charge is 2.14. The van der Waals surface area contributed by atoms with Crippen molar-refractivity contribution in [2.45, 2.75) is 12.8 Å². The average Bonchev–Trinajstić information content (AvgIpc) is 2.10. The fourth-order valence-corrected chi connectivity index (χ4v) is 1.43. The summed E-state index contributed by atoms with van der Waals surface area (Å²) in [6.07, 6.45) is 0. The molecular weight excluding hydrogens is 237 g/mol. The normalized spacial score (nSPS) is 12.2. The smallest absolute Gasteiger partial charge is 0.166 e. The first-order valence-electron chi connectivity index (χ1n) is 3.63. The van der Waals surface area contributed by atoms with Crippen molar-refractivity contribution in [1.82, 2.24) is 0 Å². The number of halogens is 2. The van der Waals surface area contributed by atoms with E-state index in [2.05, 4.69) is 15.9 Å². The third-order valence-corrected chi connectivity index (χ3v) is 2.18. The number of nitrogens with zero attached hydrogens (tertiary/aromatic N) is 1. The number of hydrogen-bond donors (Lipinski definition) is 1. The van der Waals surface area contributed by atoms with Crippen LogP contribution < -0.4 is 0 Å². The molecule has 0 spiro atoms. The number of hydrogen-bond acceptors (Lipinski definition) is 2. The summed E-state index contributed by atoms with van der Waals surface area (Å²) >= 11 is 3.08. The average molecular weight is 244 g/mol. The third-order valence-electron chi connectivity index (χ3n) is 1.72. The van der Waals surface area contributed by atoms with Gasteiger partial charge in [-0.25, -0.2) is 4.39 Å². The number of rotatable bonds is 1. The molecule has 0 bridgehead atoms. The molecule has 0 heterocycles. The van der Waals surface area contributed by atoms with E-state index in [1.54, 1.807) is 6.92 Å². The van der Waals surface area contributed by atoms with Crippen molar-refractivity contribution in [3.8, 4) is 11.8 Å². The van der Waals surface area contributed by atoms with Crippen LogP contribution >= 0.6 is 15.9 Å². The molecule has 0 aliphatic heterocycles. The van der Waals surface area contributed by atoms with Crippen LogP contribution in [0.3, 0.4) is 0 Å². The highest BCUT2D eigenvalue weighted by molar-refractivity contribution is 9.10. The van der Waals surface area contributed by atoms with Crippen LogP contribution in [-0.4, -0.2) is 5.11 Å². The first kappa shape index (κ1) is 10.0. The Bertz CT molecular complexity index is 373. The van der Waals surface area contributed by atoms with E-state index in [1.165, 1.54) is 6.07 Å². The minimum atomic E-state index is -0.716. The summed E-state index contributed by atoms with van der Waals surface area (Å²) in [6, 6.07) is 4.62. The van der Waals surface area contributed by atoms with E-state index >= 15 is 0 Å². The summed E-state index contributed by atoms with van der Waals surface area (Å²) in [5, 5.41) is 17.9. The van der Waals surface area contributed by atoms with Gasteiger partial charge in [0.25, 0.3) is 0 Å². The summed E-state index contributed by atoms with van der Waals surface area (Å²) in [4.78, 5) is 0. The quantitative estimate of drug-likeness (QED) is 0.825. The zero-order valence-corrected chi connectivity index (χ0v) is 8.47. The molecule has 0 radical (unpaired) electrons. The summed E-state index contributed by atoms with van der Waals surface area (Å²) in [6.45, 7) is 1.60. The molecule has 0 saturated heterocycles. The second-order valence-corrected chi connectivity index (χ2v) is 3.59. The number of aromatic hydroxyl groups is 1. The maximum atomic E-state index is 12.9. The lowest BCUT2D eigenvalue weighted by molar-refractivity contribution is 0.424. The molecule has 0 saturated carbocycles. The van der Waals surface area contributed by atoms with Crippen molar-refractivity contribution < 1.29 is 9.50 Å². The Kier molecular flexibility index (Phi) is 2.89. The van der Waals surface area contributed by atoms with Crippen LogP contribution in [0.5, 0.6) is 5.75 Å². The van der Waals surface area contributed by atoms with Gasteiger partial charge in [0.2, 0.25) is 0 Å². The van der Waals surface area contributed by atoms with Crippen LogP contribution in [0.4, 0.5) is 4.39 Å². The molecule has 1 aromatic carbocycles. The number of phenols is 1. The Labute approximate surface area is 83.7 Å². The largest absolute Gasteiger partial charge is 0.505 e. The molecule has 1 atom stereocenters. The monoisotopic (exact) mass is 243 g/mol. The molecule has 0 fully saturated rings. The van der Waals surface area contributed by atoms with E-state index in [1.807, 2.05) is 6.07 Å². The lowest BCUT2D eigenvalue weighted by atomic mass is 10.0. The van der Waals surface area contributed by atoms with Gasteiger partial charge in [0.15, 0.2) is 11.6 Å². The van der Waals surface area contributed by atoms with Crippen LogP contribution in [-0.2, 0) is 0 Å². The Morgan fingerprint density at radius 2 is 2.23 bits per heavy atom. The van der Waals surface area contributed by atoms with E-state index in [9.17, 15) is 9.50 Å². The Hall–Kier alpha value is -1.08. The van der Waals surface area contributed by atoms with Crippen molar-refractivity contribution in [1.29, 1.82) is 5.26 Å². The molecule has 1 aromatic rings. The Balaban J connectivity index is 3.30. The minimum Gasteiger partial charge on any atom is -0.505 e. The molecule has 0 aliphatic carbocycles. The van der Waals surface area contributed by atoms with Gasteiger partial charge in [0, 0.05) is 10.0 Å². The minimum absolute atomic E-state index is 0.300. The van der Waals surface area contributed by atoms with E-state index in [4.69, 9.17) is 5.26 Å². The second kappa shape index (κ2) is 3.75. The highest BCUT2D eigenvalue weighted by Crippen LogP contribution is 2.31. The van der Waals surface area contributed by atoms with Crippen molar-refractivity contribution in [2.24, 2.45) is 0 Å². The molecule has 1 unspecified atom stereocenters. The van der Waals surface area contributed by atoms with Gasteiger partial charge in [-0.3, -0.25) is 0 Å². The van der Waals surface area contributed by atoms with Crippen molar-refractivity contribution in [2.75, 3.05) is 0 Å². The van der Waals surface area contributed by atoms with Gasteiger partial charge in [-0.05, 0) is 19.1 Å². The van der Waals surface area contributed by atoms with Crippen LogP contribution in [0.1, 0.15) is 18.4 Å². The zero-order valence-electron chi connectivity index (χ0n) is 6.88. The van der Waals surface area contributed by atoms with E-state index in [-0.39, 0.29) is 0 Å². The van der Waals surface area contributed by atoms with E-state index < -0.39 is 17.5 Å².